The summed E-state index contributed by atoms with van der Waals surface area (Å²) < 4.78 is 45.9. The number of hydrogen-bond acceptors (Lipinski definition) is 7. The number of sulfonamides is 1. The summed E-state index contributed by atoms with van der Waals surface area (Å²) in [5.41, 5.74) is -0.0391. The van der Waals surface area contributed by atoms with Gasteiger partial charge in [0.25, 0.3) is 15.9 Å². The zero-order valence-electron chi connectivity index (χ0n) is 13.5. The van der Waals surface area contributed by atoms with Crippen molar-refractivity contribution >= 4 is 27.0 Å². The van der Waals surface area contributed by atoms with Crippen molar-refractivity contribution in [2.24, 2.45) is 0 Å². The lowest BCUT2D eigenvalue weighted by molar-refractivity contribution is 0.0982. The topological polar surface area (TPSA) is 111 Å². The molecular weight excluding hydrogens is 363 g/mol. The Bertz CT molecular complexity index is 1090. The maximum atomic E-state index is 13.8. The fourth-order valence-electron chi connectivity index (χ4n) is 2.27. The maximum absolute atomic E-state index is 13.8. The summed E-state index contributed by atoms with van der Waals surface area (Å²) in [5, 5.41) is 0. The van der Waals surface area contributed by atoms with Crippen LogP contribution in [-0.2, 0) is 10.0 Å². The highest BCUT2D eigenvalue weighted by atomic mass is 32.2. The van der Waals surface area contributed by atoms with Gasteiger partial charge >= 0.3 is 0 Å². The van der Waals surface area contributed by atoms with Crippen LogP contribution in [0.4, 0.5) is 4.39 Å². The van der Waals surface area contributed by atoms with Crippen molar-refractivity contribution in [2.45, 2.75) is 11.8 Å². The van der Waals surface area contributed by atoms with E-state index in [1.165, 1.54) is 30.7 Å². The number of carbonyl (C=O) groups excluding carboxylic acids is 1. The zero-order valence-corrected chi connectivity index (χ0v) is 14.3. The number of hydrogen-bond donors (Lipinski definition) is 1. The molecule has 0 aliphatic rings. The predicted octanol–water partition coefficient (Wildman–Crippen LogP) is 1.68. The van der Waals surface area contributed by atoms with Crippen molar-refractivity contribution in [2.75, 3.05) is 6.61 Å². The number of halogens is 1. The number of benzene rings is 1. The highest BCUT2D eigenvalue weighted by Gasteiger charge is 2.25. The molecule has 0 saturated carbocycles. The Morgan fingerprint density at radius 3 is 2.73 bits per heavy atom. The summed E-state index contributed by atoms with van der Waals surface area (Å²) >= 11 is 0. The number of pyridine rings is 1. The van der Waals surface area contributed by atoms with Gasteiger partial charge in [-0.05, 0) is 25.1 Å². The molecule has 1 amide bonds. The van der Waals surface area contributed by atoms with Crippen molar-refractivity contribution in [1.29, 1.82) is 0 Å². The first-order valence-corrected chi connectivity index (χ1v) is 8.96. The minimum Gasteiger partial charge on any atom is -0.477 e. The summed E-state index contributed by atoms with van der Waals surface area (Å²) in [6.07, 6.45) is 4.02. The van der Waals surface area contributed by atoms with Gasteiger partial charge in [0.15, 0.2) is 0 Å². The Morgan fingerprint density at radius 1 is 1.19 bits per heavy atom. The van der Waals surface area contributed by atoms with Crippen molar-refractivity contribution < 1.29 is 22.3 Å². The highest BCUT2D eigenvalue weighted by Crippen LogP contribution is 2.22. The number of nitrogens with one attached hydrogen (secondary N) is 1. The van der Waals surface area contributed by atoms with E-state index in [1.54, 1.807) is 6.92 Å². The third-order valence-corrected chi connectivity index (χ3v) is 4.66. The maximum Gasteiger partial charge on any atom is 0.269 e. The molecule has 0 bridgehead atoms. The lowest BCUT2D eigenvalue weighted by atomic mass is 10.1. The Labute approximate surface area is 148 Å². The first-order chi connectivity index (χ1) is 12.4. The quantitative estimate of drug-likeness (QED) is 0.721. The highest BCUT2D eigenvalue weighted by molar-refractivity contribution is 7.90. The molecule has 0 unspecified atom stereocenters. The van der Waals surface area contributed by atoms with Crippen LogP contribution in [0, 0.1) is 5.82 Å². The van der Waals surface area contributed by atoms with E-state index >= 15 is 0 Å². The van der Waals surface area contributed by atoms with Crippen LogP contribution in [0.5, 0.6) is 5.88 Å². The Morgan fingerprint density at radius 2 is 1.96 bits per heavy atom. The normalized spacial score (nSPS) is 11.3. The van der Waals surface area contributed by atoms with E-state index in [0.717, 1.165) is 12.1 Å². The largest absolute Gasteiger partial charge is 0.477 e. The predicted molar refractivity (Wildman–Crippen MR) is 89.6 cm³/mol. The molecule has 1 aromatic carbocycles. The number of rotatable bonds is 5. The smallest absolute Gasteiger partial charge is 0.269 e. The molecule has 2 aromatic heterocycles. The van der Waals surface area contributed by atoms with Crippen LogP contribution in [0.25, 0.3) is 11.0 Å². The molecule has 1 N–H and O–H groups in total. The van der Waals surface area contributed by atoms with E-state index in [4.69, 9.17) is 4.74 Å². The molecule has 26 heavy (non-hydrogen) atoms. The van der Waals surface area contributed by atoms with Gasteiger partial charge in [-0.3, -0.25) is 14.8 Å². The van der Waals surface area contributed by atoms with Crippen molar-refractivity contribution in [3.05, 3.63) is 54.2 Å². The monoisotopic (exact) mass is 376 g/mol. The van der Waals surface area contributed by atoms with E-state index in [0.29, 0.717) is 0 Å². The standard InChI is InChI=1S/C16H13FN4O4S/c1-2-25-16-13(4-3-5-20-16)26(23,24)21-15(22)11-8-10(17)9-12-14(11)19-7-6-18-12/h3-9H,2H2,1H3,(H,21,22). The van der Waals surface area contributed by atoms with Crippen LogP contribution < -0.4 is 9.46 Å². The fourth-order valence-corrected chi connectivity index (χ4v) is 3.33. The average Bonchev–Trinajstić information content (AvgIpc) is 2.61. The Balaban J connectivity index is 2.01. The summed E-state index contributed by atoms with van der Waals surface area (Å²) in [5.74, 6) is -1.92. The van der Waals surface area contributed by atoms with E-state index in [2.05, 4.69) is 15.0 Å². The second-order valence-electron chi connectivity index (χ2n) is 5.05. The number of nitrogens with zero attached hydrogens (tertiary/aromatic N) is 3. The lowest BCUT2D eigenvalue weighted by Crippen LogP contribution is -2.31. The van der Waals surface area contributed by atoms with Gasteiger partial charge < -0.3 is 4.74 Å². The molecule has 134 valence electrons. The fraction of sp³-hybridized carbons (Fsp3) is 0.125. The molecule has 10 heteroatoms. The lowest BCUT2D eigenvalue weighted by Gasteiger charge is -2.11. The van der Waals surface area contributed by atoms with Gasteiger partial charge in [0.2, 0.25) is 5.88 Å². The first-order valence-electron chi connectivity index (χ1n) is 7.47. The molecule has 0 aliphatic heterocycles. The summed E-state index contributed by atoms with van der Waals surface area (Å²) in [4.78, 5) is 23.9. The Kier molecular flexibility index (Phi) is 4.76. The number of ether oxygens (including phenoxy) is 1. The van der Waals surface area contributed by atoms with Crippen LogP contribution >= 0.6 is 0 Å². The van der Waals surface area contributed by atoms with Gasteiger partial charge in [-0.25, -0.2) is 22.5 Å². The van der Waals surface area contributed by atoms with Crippen LogP contribution in [0.3, 0.4) is 0 Å². The second-order valence-corrected chi connectivity index (χ2v) is 6.70. The van der Waals surface area contributed by atoms with Gasteiger partial charge in [0, 0.05) is 24.7 Å². The van der Waals surface area contributed by atoms with E-state index in [9.17, 15) is 17.6 Å². The molecule has 0 spiro atoms. The van der Waals surface area contributed by atoms with Crippen molar-refractivity contribution in [3.8, 4) is 5.88 Å². The van der Waals surface area contributed by atoms with Gasteiger partial charge in [-0.2, -0.15) is 0 Å². The number of carbonyl (C=O) groups is 1. The van der Waals surface area contributed by atoms with Crippen molar-refractivity contribution in [3.63, 3.8) is 0 Å². The van der Waals surface area contributed by atoms with Crippen LogP contribution in [0.2, 0.25) is 0 Å². The molecule has 2 heterocycles. The molecule has 3 rings (SSSR count). The summed E-state index contributed by atoms with van der Waals surface area (Å²) in [7, 11) is -4.30. The average molecular weight is 376 g/mol. The molecule has 0 radical (unpaired) electrons. The third-order valence-electron chi connectivity index (χ3n) is 3.32. The van der Waals surface area contributed by atoms with Gasteiger partial charge in [-0.15, -0.1) is 0 Å². The number of aromatic nitrogens is 3. The third kappa shape index (κ3) is 3.45. The van der Waals surface area contributed by atoms with Crippen molar-refractivity contribution in [1.82, 2.24) is 19.7 Å². The molecule has 3 aromatic rings. The van der Waals surface area contributed by atoms with Gasteiger partial charge in [0.05, 0.1) is 17.7 Å². The minimum atomic E-state index is -4.30. The first kappa shape index (κ1) is 17.7. The van der Waals surface area contributed by atoms with E-state index in [1.807, 2.05) is 4.72 Å². The van der Waals surface area contributed by atoms with E-state index in [-0.39, 0.29) is 34.0 Å². The van der Waals surface area contributed by atoms with Crippen LogP contribution in [0.1, 0.15) is 17.3 Å². The molecule has 0 aliphatic carbocycles. The van der Waals surface area contributed by atoms with Gasteiger partial charge in [0.1, 0.15) is 16.2 Å². The van der Waals surface area contributed by atoms with Crippen LogP contribution in [0.15, 0.2) is 47.8 Å². The molecule has 8 nitrogen and oxygen atoms in total. The second kappa shape index (κ2) is 7.00. The zero-order chi connectivity index (χ0) is 18.7. The van der Waals surface area contributed by atoms with Crippen LogP contribution in [-0.4, -0.2) is 35.9 Å². The SMILES string of the molecule is CCOc1ncccc1S(=O)(=O)NC(=O)c1cc(F)cc2nccnc12. The molecular formula is C16H13FN4O4S. The summed E-state index contributed by atoms with van der Waals surface area (Å²) in [6.45, 7) is 1.86. The van der Waals surface area contributed by atoms with Gasteiger partial charge in [-0.1, -0.05) is 0 Å². The van der Waals surface area contributed by atoms with E-state index < -0.39 is 21.7 Å². The summed E-state index contributed by atoms with van der Waals surface area (Å²) in [6, 6.07) is 4.64. The number of amides is 1. The molecule has 0 saturated heterocycles. The molecule has 0 atom stereocenters. The number of fused-ring (bicyclic) bond motifs is 1. The Hall–Kier alpha value is -3.14. The minimum absolute atomic E-state index is 0.0813. The molecule has 0 fully saturated rings.